The number of hydrogen-bond donors (Lipinski definition) is 0. The van der Waals surface area contributed by atoms with E-state index < -0.39 is 18.0 Å². The maximum absolute atomic E-state index is 12.9. The second-order valence-electron chi connectivity index (χ2n) is 6.83. The summed E-state index contributed by atoms with van der Waals surface area (Å²) in [7, 11) is 0. The number of benzene rings is 3. The molecule has 0 saturated heterocycles. The molecule has 6 heteroatoms. The first-order valence-corrected chi connectivity index (χ1v) is 10.4. The first-order valence-electron chi connectivity index (χ1n) is 9.63. The van der Waals surface area contributed by atoms with Crippen molar-refractivity contribution >= 4 is 23.3 Å². The molecule has 0 atom stereocenters. The molecule has 0 N–H and O–H groups in total. The number of rotatable bonds is 4. The van der Waals surface area contributed by atoms with Crippen molar-refractivity contribution in [1.82, 2.24) is 0 Å². The number of ether oxygens (including phenoxy) is 3. The lowest BCUT2D eigenvalue weighted by molar-refractivity contribution is 0.0368. The number of carbonyl (C=O) groups is 2. The van der Waals surface area contributed by atoms with Crippen LogP contribution in [0.1, 0.15) is 36.6 Å². The predicted molar refractivity (Wildman–Crippen MR) is 116 cm³/mol. The van der Waals surface area contributed by atoms with Gasteiger partial charge in [-0.15, -0.1) is 11.3 Å². The predicted octanol–water partition coefficient (Wildman–Crippen LogP) is 6.02. The highest BCUT2D eigenvalue weighted by atomic mass is 32.1. The van der Waals surface area contributed by atoms with Gasteiger partial charge < -0.3 is 14.2 Å². The van der Waals surface area contributed by atoms with Crippen molar-refractivity contribution in [3.05, 3.63) is 112 Å². The summed E-state index contributed by atoms with van der Waals surface area (Å²) in [5, 5.41) is 0. The summed E-state index contributed by atoms with van der Waals surface area (Å²) in [6.07, 6.45) is -0.601. The quantitative estimate of drug-likeness (QED) is 0.294. The summed E-state index contributed by atoms with van der Waals surface area (Å²) < 4.78 is 17.2. The van der Waals surface area contributed by atoms with Crippen molar-refractivity contribution in [2.45, 2.75) is 6.10 Å². The molecule has 0 saturated carbocycles. The van der Waals surface area contributed by atoms with Gasteiger partial charge in [0, 0.05) is 11.1 Å². The molecule has 0 fully saturated rings. The van der Waals surface area contributed by atoms with Gasteiger partial charge >= 0.3 is 11.9 Å². The number of thiophene rings is 1. The van der Waals surface area contributed by atoms with Crippen LogP contribution in [-0.4, -0.2) is 11.9 Å². The zero-order valence-corrected chi connectivity index (χ0v) is 17.0. The van der Waals surface area contributed by atoms with E-state index in [0.29, 0.717) is 27.0 Å². The number of esters is 2. The monoisotopic (exact) mass is 428 g/mol. The van der Waals surface area contributed by atoms with Crippen molar-refractivity contribution in [3.8, 4) is 17.2 Å². The van der Waals surface area contributed by atoms with E-state index in [1.165, 1.54) is 0 Å². The van der Waals surface area contributed by atoms with Crippen molar-refractivity contribution in [1.29, 1.82) is 0 Å². The number of fused-ring (bicyclic) bond motifs is 2. The SMILES string of the molecule is O=C(Oc1ccccc1)c1ccc(C(=O)OC2c3ccccc3Oc3ccccc32)s1. The molecule has 4 aromatic rings. The Bertz CT molecular complexity index is 1220. The first kappa shape index (κ1) is 19.1. The van der Waals surface area contributed by atoms with Gasteiger partial charge in [-0.05, 0) is 36.4 Å². The molecule has 1 aromatic heterocycles. The van der Waals surface area contributed by atoms with Gasteiger partial charge in [-0.25, -0.2) is 9.59 Å². The molecule has 0 amide bonds. The van der Waals surface area contributed by atoms with E-state index >= 15 is 0 Å². The third kappa shape index (κ3) is 3.81. The van der Waals surface area contributed by atoms with Gasteiger partial charge in [0.25, 0.3) is 0 Å². The van der Waals surface area contributed by atoms with Crippen LogP contribution < -0.4 is 9.47 Å². The molecular weight excluding hydrogens is 412 g/mol. The van der Waals surface area contributed by atoms with Crippen LogP contribution in [0.25, 0.3) is 0 Å². The molecule has 0 bridgehead atoms. The van der Waals surface area contributed by atoms with Crippen molar-refractivity contribution in [2.24, 2.45) is 0 Å². The molecule has 152 valence electrons. The highest BCUT2D eigenvalue weighted by Gasteiger charge is 2.30. The van der Waals surface area contributed by atoms with Crippen LogP contribution in [0, 0.1) is 0 Å². The minimum atomic E-state index is -0.601. The highest BCUT2D eigenvalue weighted by Crippen LogP contribution is 2.44. The molecule has 5 nitrogen and oxygen atoms in total. The van der Waals surface area contributed by atoms with Crippen molar-refractivity contribution in [3.63, 3.8) is 0 Å². The summed E-state index contributed by atoms with van der Waals surface area (Å²) in [6.45, 7) is 0. The molecule has 5 rings (SSSR count). The van der Waals surface area contributed by atoms with Gasteiger partial charge in [0.05, 0.1) is 0 Å². The van der Waals surface area contributed by atoms with Gasteiger partial charge in [0.15, 0.2) is 6.10 Å². The maximum atomic E-state index is 12.9. The minimum absolute atomic E-state index is 0.321. The molecule has 31 heavy (non-hydrogen) atoms. The Kier molecular flexibility index (Phi) is 4.98. The lowest BCUT2D eigenvalue weighted by atomic mass is 9.97. The summed E-state index contributed by atoms with van der Waals surface area (Å²) in [5.74, 6) is 0.715. The van der Waals surface area contributed by atoms with E-state index in [1.54, 1.807) is 36.4 Å². The lowest BCUT2D eigenvalue weighted by Crippen LogP contribution is -2.16. The van der Waals surface area contributed by atoms with Gasteiger partial charge in [-0.2, -0.15) is 0 Å². The summed E-state index contributed by atoms with van der Waals surface area (Å²) in [4.78, 5) is 26.0. The molecule has 0 spiro atoms. The van der Waals surface area contributed by atoms with Crippen LogP contribution in [0.5, 0.6) is 17.2 Å². The van der Waals surface area contributed by atoms with E-state index in [4.69, 9.17) is 14.2 Å². The van der Waals surface area contributed by atoms with E-state index in [1.807, 2.05) is 54.6 Å². The van der Waals surface area contributed by atoms with Gasteiger partial charge in [-0.3, -0.25) is 0 Å². The molecule has 1 aliphatic heterocycles. The average molecular weight is 428 g/mol. The smallest absolute Gasteiger partial charge is 0.353 e. The van der Waals surface area contributed by atoms with Crippen LogP contribution in [0.15, 0.2) is 91.0 Å². The van der Waals surface area contributed by atoms with E-state index in [0.717, 1.165) is 22.5 Å². The fraction of sp³-hybridized carbons (Fsp3) is 0.0400. The Morgan fingerprint density at radius 2 is 1.23 bits per heavy atom. The number of carbonyl (C=O) groups excluding carboxylic acids is 2. The van der Waals surface area contributed by atoms with Crippen LogP contribution in [0.2, 0.25) is 0 Å². The van der Waals surface area contributed by atoms with Crippen LogP contribution in [0.4, 0.5) is 0 Å². The highest BCUT2D eigenvalue weighted by molar-refractivity contribution is 7.15. The maximum Gasteiger partial charge on any atom is 0.353 e. The third-order valence-electron chi connectivity index (χ3n) is 4.81. The molecule has 2 heterocycles. The zero-order chi connectivity index (χ0) is 21.2. The fourth-order valence-corrected chi connectivity index (χ4v) is 4.13. The van der Waals surface area contributed by atoms with E-state index in [-0.39, 0.29) is 0 Å². The van der Waals surface area contributed by atoms with Crippen molar-refractivity contribution < 1.29 is 23.8 Å². The molecule has 0 unspecified atom stereocenters. The zero-order valence-electron chi connectivity index (χ0n) is 16.2. The first-order chi connectivity index (χ1) is 15.2. The topological polar surface area (TPSA) is 61.8 Å². The van der Waals surface area contributed by atoms with E-state index in [9.17, 15) is 9.59 Å². The number of hydrogen-bond acceptors (Lipinski definition) is 6. The van der Waals surface area contributed by atoms with E-state index in [2.05, 4.69) is 0 Å². The van der Waals surface area contributed by atoms with Gasteiger partial charge in [0.2, 0.25) is 0 Å². The molecule has 0 aliphatic carbocycles. The Morgan fingerprint density at radius 3 is 1.87 bits per heavy atom. The number of para-hydroxylation sites is 3. The molecule has 1 aliphatic rings. The second kappa shape index (κ2) is 8.08. The second-order valence-corrected chi connectivity index (χ2v) is 7.91. The molecule has 0 radical (unpaired) electrons. The van der Waals surface area contributed by atoms with Crippen LogP contribution in [-0.2, 0) is 4.74 Å². The lowest BCUT2D eigenvalue weighted by Gasteiger charge is -2.27. The average Bonchev–Trinajstić information content (AvgIpc) is 3.30. The third-order valence-corrected chi connectivity index (χ3v) is 5.86. The van der Waals surface area contributed by atoms with Crippen LogP contribution in [0.3, 0.4) is 0 Å². The summed E-state index contributed by atoms with van der Waals surface area (Å²) in [5.41, 5.74) is 1.55. The normalized spacial score (nSPS) is 12.3. The summed E-state index contributed by atoms with van der Waals surface area (Å²) in [6, 6.07) is 26.9. The Morgan fingerprint density at radius 1 is 0.677 bits per heavy atom. The summed E-state index contributed by atoms with van der Waals surface area (Å²) >= 11 is 1.04. The minimum Gasteiger partial charge on any atom is -0.456 e. The Labute approximate surface area is 182 Å². The standard InChI is InChI=1S/C25H16O5S/c26-24(28-16-8-2-1-3-9-16)21-14-15-22(31-21)25(27)30-23-17-10-4-6-12-19(17)29-20-13-7-5-11-18(20)23/h1-15,23H. The van der Waals surface area contributed by atoms with Crippen LogP contribution >= 0.6 is 11.3 Å². The fourth-order valence-electron chi connectivity index (χ4n) is 3.36. The molecular formula is C25H16O5S. The van der Waals surface area contributed by atoms with Gasteiger partial charge in [0.1, 0.15) is 27.0 Å². The largest absolute Gasteiger partial charge is 0.456 e. The molecule has 3 aromatic carbocycles. The Hall–Kier alpha value is -3.90. The van der Waals surface area contributed by atoms with Crippen molar-refractivity contribution in [2.75, 3.05) is 0 Å². The Balaban J connectivity index is 1.37. The van der Waals surface area contributed by atoms with Gasteiger partial charge in [-0.1, -0.05) is 54.6 Å².